The molecule has 208 valence electrons. The van der Waals surface area contributed by atoms with Crippen LogP contribution in [0.5, 0.6) is 0 Å². The largest absolute Gasteiger partial charge is 0.462 e. The Morgan fingerprint density at radius 1 is 0.528 bits per heavy atom. The molecule has 0 fully saturated rings. The summed E-state index contributed by atoms with van der Waals surface area (Å²) in [4.78, 5) is 65.4. The second kappa shape index (κ2) is 16.4. The molecule has 36 heavy (non-hydrogen) atoms. The predicted octanol–water partition coefficient (Wildman–Crippen LogP) is -0.409. The van der Waals surface area contributed by atoms with Crippen molar-refractivity contribution in [3.63, 3.8) is 0 Å². The lowest BCUT2D eigenvalue weighted by molar-refractivity contribution is -0.178. The topological polar surface area (TPSA) is 198 Å². The minimum atomic E-state index is -1.68. The van der Waals surface area contributed by atoms with E-state index >= 15 is 0 Å². The highest BCUT2D eigenvalue weighted by Gasteiger charge is 2.30. The maximum Gasteiger partial charge on any atom is 0.338 e. The number of aliphatic hydroxyl groups is 2. The first-order valence-corrected chi connectivity index (χ1v) is 10.7. The highest BCUT2D eigenvalue weighted by molar-refractivity contribution is 5.78. The molecule has 1 atom stereocenters. The molecule has 0 aromatic rings. The van der Waals surface area contributed by atoms with Gasteiger partial charge in [-0.15, -0.1) is 0 Å². The van der Waals surface area contributed by atoms with Crippen molar-refractivity contribution in [3.8, 4) is 0 Å². The summed E-state index contributed by atoms with van der Waals surface area (Å²) in [6.45, 7) is 8.81. The van der Waals surface area contributed by atoms with Crippen molar-refractivity contribution < 1.29 is 67.4 Å². The Labute approximate surface area is 209 Å². The first-order valence-electron chi connectivity index (χ1n) is 10.7. The molecule has 0 rings (SSSR count). The quantitative estimate of drug-likeness (QED) is 0.247. The van der Waals surface area contributed by atoms with E-state index in [-0.39, 0.29) is 26.4 Å². The Balaban J connectivity index is 0. The molecule has 0 bridgehead atoms. The lowest BCUT2D eigenvalue weighted by atomic mass is 10.1. The van der Waals surface area contributed by atoms with Gasteiger partial charge in [0.25, 0.3) is 0 Å². The van der Waals surface area contributed by atoms with Gasteiger partial charge in [0.15, 0.2) is 23.4 Å². The van der Waals surface area contributed by atoms with Crippen LogP contribution in [-0.2, 0) is 57.2 Å². The Morgan fingerprint density at radius 2 is 0.833 bits per heavy atom. The van der Waals surface area contributed by atoms with E-state index in [1.807, 2.05) is 0 Å². The third kappa shape index (κ3) is 20.1. The van der Waals surface area contributed by atoms with Crippen LogP contribution in [0.1, 0.15) is 55.4 Å². The molecule has 14 nitrogen and oxygen atoms in total. The summed E-state index contributed by atoms with van der Waals surface area (Å²) in [5.74, 6) is -3.99. The number of ether oxygens (including phenoxy) is 6. The number of hydrogen-bond acceptors (Lipinski definition) is 14. The predicted molar refractivity (Wildman–Crippen MR) is 119 cm³/mol. The SMILES string of the molecule is CC(=O)OCC(COC(=O)C(C)(C)O)OC(C)=O.CC(=O)OCC(COC(C)=O)OC(=O)C(C)(C)O. The van der Waals surface area contributed by atoms with Crippen molar-refractivity contribution in [3.05, 3.63) is 0 Å². The van der Waals surface area contributed by atoms with E-state index in [9.17, 15) is 39.0 Å². The van der Waals surface area contributed by atoms with Crippen LogP contribution < -0.4 is 0 Å². The third-order valence-corrected chi connectivity index (χ3v) is 3.42. The summed E-state index contributed by atoms with van der Waals surface area (Å²) in [5, 5.41) is 18.7. The van der Waals surface area contributed by atoms with Gasteiger partial charge in [0.1, 0.15) is 26.4 Å². The standard InChI is InChI=1S/2C11H18O7/c1-7(12)16-5-9(18-8(2)13)6-17-10(14)11(3,4)15;1-7(12)16-5-9(6-17-8(2)13)18-10(14)11(3,4)15/h2*9,15H,5-6H2,1-4H3. The first-order chi connectivity index (χ1) is 16.2. The molecule has 0 aromatic heterocycles. The normalized spacial score (nSPS) is 11.8. The van der Waals surface area contributed by atoms with Crippen molar-refractivity contribution in [2.45, 2.75) is 78.8 Å². The van der Waals surface area contributed by atoms with Crippen molar-refractivity contribution in [2.24, 2.45) is 0 Å². The number of rotatable bonds is 12. The molecule has 0 heterocycles. The van der Waals surface area contributed by atoms with Gasteiger partial charge < -0.3 is 38.6 Å². The third-order valence-electron chi connectivity index (χ3n) is 3.42. The molecule has 0 saturated heterocycles. The summed E-state index contributed by atoms with van der Waals surface area (Å²) in [7, 11) is 0. The Bertz CT molecular complexity index is 742. The number of carbonyl (C=O) groups excluding carboxylic acids is 6. The van der Waals surface area contributed by atoms with Gasteiger partial charge in [-0.2, -0.15) is 0 Å². The Kier molecular flexibility index (Phi) is 15.9. The van der Waals surface area contributed by atoms with Gasteiger partial charge in [0.2, 0.25) is 0 Å². The lowest BCUT2D eigenvalue weighted by Gasteiger charge is -2.22. The zero-order valence-electron chi connectivity index (χ0n) is 21.8. The van der Waals surface area contributed by atoms with Gasteiger partial charge in [0, 0.05) is 27.7 Å². The molecule has 0 aromatic carbocycles. The molecule has 0 saturated carbocycles. The van der Waals surface area contributed by atoms with Crippen molar-refractivity contribution >= 4 is 35.8 Å². The molecule has 1 unspecified atom stereocenters. The number of carbonyl (C=O) groups is 6. The molecule has 0 spiro atoms. The Morgan fingerprint density at radius 3 is 1.11 bits per heavy atom. The fourth-order valence-electron chi connectivity index (χ4n) is 1.74. The van der Waals surface area contributed by atoms with Crippen LogP contribution in [0.15, 0.2) is 0 Å². The van der Waals surface area contributed by atoms with Gasteiger partial charge in [-0.1, -0.05) is 0 Å². The number of esters is 6. The van der Waals surface area contributed by atoms with Gasteiger partial charge in [-0.05, 0) is 27.7 Å². The maximum absolute atomic E-state index is 11.4. The summed E-state index contributed by atoms with van der Waals surface area (Å²) in [5.41, 5.74) is -3.31. The molecular weight excluding hydrogens is 488 g/mol. The fraction of sp³-hybridized carbons (Fsp3) is 0.727. The van der Waals surface area contributed by atoms with E-state index in [1.54, 1.807) is 0 Å². The highest BCUT2D eigenvalue weighted by Crippen LogP contribution is 2.08. The van der Waals surface area contributed by atoms with E-state index in [2.05, 4.69) is 14.2 Å². The Hall–Kier alpha value is -3.26. The van der Waals surface area contributed by atoms with Crippen molar-refractivity contribution in [1.82, 2.24) is 0 Å². The molecular formula is C22H36O14. The minimum Gasteiger partial charge on any atom is -0.462 e. The van der Waals surface area contributed by atoms with Gasteiger partial charge in [-0.25, -0.2) is 9.59 Å². The summed E-state index contributed by atoms with van der Waals surface area (Å²) in [6, 6.07) is 0. The van der Waals surface area contributed by atoms with Crippen LogP contribution in [0.4, 0.5) is 0 Å². The van der Waals surface area contributed by atoms with Gasteiger partial charge in [0.05, 0.1) is 0 Å². The van der Waals surface area contributed by atoms with Gasteiger partial charge in [-0.3, -0.25) is 19.2 Å². The zero-order chi connectivity index (χ0) is 28.7. The fourth-order valence-corrected chi connectivity index (χ4v) is 1.74. The van der Waals surface area contributed by atoms with E-state index in [0.717, 1.165) is 0 Å². The van der Waals surface area contributed by atoms with Crippen molar-refractivity contribution in [1.29, 1.82) is 0 Å². The summed E-state index contributed by atoms with van der Waals surface area (Å²) in [6.07, 6.45) is -1.84. The number of hydrogen-bond donors (Lipinski definition) is 2. The van der Waals surface area contributed by atoms with Crippen LogP contribution in [-0.4, -0.2) is 95.9 Å². The average molecular weight is 525 g/mol. The molecule has 14 heteroatoms. The molecule has 0 aliphatic carbocycles. The molecule has 0 amide bonds. The monoisotopic (exact) mass is 524 g/mol. The summed E-state index contributed by atoms with van der Waals surface area (Å²) < 4.78 is 28.4. The maximum atomic E-state index is 11.4. The molecule has 2 N–H and O–H groups in total. The molecule has 0 radical (unpaired) electrons. The second-order valence-corrected chi connectivity index (χ2v) is 8.38. The smallest absolute Gasteiger partial charge is 0.338 e. The van der Waals surface area contributed by atoms with Gasteiger partial charge >= 0.3 is 35.8 Å². The zero-order valence-corrected chi connectivity index (χ0v) is 21.8. The average Bonchev–Trinajstić information content (AvgIpc) is 2.69. The van der Waals surface area contributed by atoms with Crippen LogP contribution in [0.2, 0.25) is 0 Å². The first kappa shape index (κ1) is 34.9. The summed E-state index contributed by atoms with van der Waals surface area (Å²) >= 11 is 0. The van der Waals surface area contributed by atoms with E-state index in [0.29, 0.717) is 0 Å². The lowest BCUT2D eigenvalue weighted by Crippen LogP contribution is -2.39. The highest BCUT2D eigenvalue weighted by atomic mass is 16.6. The second-order valence-electron chi connectivity index (χ2n) is 8.38. The molecule has 0 aliphatic heterocycles. The van der Waals surface area contributed by atoms with Crippen molar-refractivity contribution in [2.75, 3.05) is 26.4 Å². The van der Waals surface area contributed by atoms with Crippen LogP contribution in [0.3, 0.4) is 0 Å². The molecule has 0 aliphatic rings. The van der Waals surface area contributed by atoms with E-state index in [4.69, 9.17) is 14.2 Å². The van der Waals surface area contributed by atoms with Crippen LogP contribution in [0.25, 0.3) is 0 Å². The van der Waals surface area contributed by atoms with E-state index in [1.165, 1.54) is 55.4 Å². The van der Waals surface area contributed by atoms with Crippen LogP contribution in [0, 0.1) is 0 Å². The minimum absolute atomic E-state index is 0.214. The van der Waals surface area contributed by atoms with Crippen LogP contribution >= 0.6 is 0 Å². The van der Waals surface area contributed by atoms with E-state index < -0.39 is 59.2 Å².